The van der Waals surface area contributed by atoms with Crippen molar-refractivity contribution in [3.05, 3.63) is 65.9 Å². The van der Waals surface area contributed by atoms with Crippen LogP contribution in [-0.4, -0.2) is 27.0 Å². The first kappa shape index (κ1) is 17.4. The second-order valence-electron chi connectivity index (χ2n) is 5.92. The van der Waals surface area contributed by atoms with Crippen molar-refractivity contribution in [1.29, 1.82) is 0 Å². The molecule has 0 aliphatic rings. The Morgan fingerprint density at radius 2 is 2.00 bits per heavy atom. The molecule has 0 bridgehead atoms. The lowest BCUT2D eigenvalue weighted by Gasteiger charge is -2.09. The van der Waals surface area contributed by atoms with E-state index in [0.717, 1.165) is 39.5 Å². The summed E-state index contributed by atoms with van der Waals surface area (Å²) in [6.45, 7) is 2.42. The number of aryl methyl sites for hydroxylation is 1. The lowest BCUT2D eigenvalue weighted by Crippen LogP contribution is -2.03. The van der Waals surface area contributed by atoms with Crippen molar-refractivity contribution in [2.75, 3.05) is 7.11 Å². The number of hydrogen-bond acceptors (Lipinski definition) is 7. The molecule has 27 heavy (non-hydrogen) atoms. The van der Waals surface area contributed by atoms with E-state index in [1.165, 1.54) is 0 Å². The van der Waals surface area contributed by atoms with Gasteiger partial charge in [0.25, 0.3) is 0 Å². The standard InChI is InChI=1S/C19H18N4O3S/c1-13-10-15(22-26-13)12-27-19-21-20-18(14-5-7-16(24-2)8-6-14)23(19)11-17-4-3-9-25-17/h3-10H,11-12H2,1-2H3. The summed E-state index contributed by atoms with van der Waals surface area (Å²) >= 11 is 1.56. The molecule has 8 heteroatoms. The summed E-state index contributed by atoms with van der Waals surface area (Å²) in [6.07, 6.45) is 1.66. The lowest BCUT2D eigenvalue weighted by atomic mass is 10.2. The Kier molecular flexibility index (Phi) is 4.97. The number of benzene rings is 1. The molecule has 0 aliphatic heterocycles. The molecule has 0 atom stereocenters. The first-order valence-electron chi connectivity index (χ1n) is 8.38. The highest BCUT2D eigenvalue weighted by Gasteiger charge is 2.16. The maximum Gasteiger partial charge on any atom is 0.192 e. The molecule has 0 spiro atoms. The molecular formula is C19H18N4O3S. The van der Waals surface area contributed by atoms with E-state index in [2.05, 4.69) is 15.4 Å². The topological polar surface area (TPSA) is 79.1 Å². The van der Waals surface area contributed by atoms with Crippen LogP contribution in [0.25, 0.3) is 11.4 Å². The summed E-state index contributed by atoms with van der Waals surface area (Å²) in [4.78, 5) is 0. The van der Waals surface area contributed by atoms with E-state index in [9.17, 15) is 0 Å². The summed E-state index contributed by atoms with van der Waals surface area (Å²) in [6, 6.07) is 13.5. The molecule has 0 N–H and O–H groups in total. The molecule has 7 nitrogen and oxygen atoms in total. The van der Waals surface area contributed by atoms with Crippen LogP contribution in [-0.2, 0) is 12.3 Å². The molecule has 0 radical (unpaired) electrons. The molecule has 0 unspecified atom stereocenters. The highest BCUT2D eigenvalue weighted by molar-refractivity contribution is 7.98. The molecule has 0 amide bonds. The summed E-state index contributed by atoms with van der Waals surface area (Å²) < 4.78 is 17.9. The lowest BCUT2D eigenvalue weighted by molar-refractivity contribution is 0.393. The Bertz CT molecular complexity index is 1010. The molecular weight excluding hydrogens is 364 g/mol. The molecule has 1 aromatic carbocycles. The number of thioether (sulfide) groups is 1. The van der Waals surface area contributed by atoms with Gasteiger partial charge >= 0.3 is 0 Å². The Labute approximate surface area is 160 Å². The van der Waals surface area contributed by atoms with Crippen molar-refractivity contribution in [2.45, 2.75) is 24.4 Å². The average Bonchev–Trinajstić information content (AvgIpc) is 3.43. The van der Waals surface area contributed by atoms with Crippen LogP contribution in [0.3, 0.4) is 0 Å². The molecule has 0 fully saturated rings. The molecule has 0 aliphatic carbocycles. The van der Waals surface area contributed by atoms with Crippen LogP contribution < -0.4 is 4.74 Å². The zero-order valence-corrected chi connectivity index (χ0v) is 15.8. The molecule has 0 saturated carbocycles. The number of hydrogen-bond donors (Lipinski definition) is 0. The Hall–Kier alpha value is -3.00. The maximum atomic E-state index is 5.52. The molecule has 3 heterocycles. The van der Waals surface area contributed by atoms with Crippen LogP contribution in [0.1, 0.15) is 17.2 Å². The largest absolute Gasteiger partial charge is 0.497 e. The Morgan fingerprint density at radius 3 is 2.67 bits per heavy atom. The fourth-order valence-corrected chi connectivity index (χ4v) is 3.49. The first-order valence-corrected chi connectivity index (χ1v) is 9.36. The SMILES string of the molecule is COc1ccc(-c2nnc(SCc3cc(C)on3)n2Cc2ccco2)cc1. The normalized spacial score (nSPS) is 11.0. The van der Waals surface area contributed by atoms with Crippen molar-refractivity contribution in [3.63, 3.8) is 0 Å². The Morgan fingerprint density at radius 1 is 1.15 bits per heavy atom. The summed E-state index contributed by atoms with van der Waals surface area (Å²) in [5.41, 5.74) is 1.83. The monoisotopic (exact) mass is 382 g/mol. The van der Waals surface area contributed by atoms with E-state index in [1.807, 2.05) is 54.0 Å². The third kappa shape index (κ3) is 3.90. The van der Waals surface area contributed by atoms with Gasteiger partial charge in [-0.1, -0.05) is 16.9 Å². The predicted molar refractivity (Wildman–Crippen MR) is 101 cm³/mol. The van der Waals surface area contributed by atoms with Gasteiger partial charge in [-0.2, -0.15) is 0 Å². The van der Waals surface area contributed by atoms with Crippen molar-refractivity contribution < 1.29 is 13.7 Å². The van der Waals surface area contributed by atoms with E-state index < -0.39 is 0 Å². The number of rotatable bonds is 7. The summed E-state index contributed by atoms with van der Waals surface area (Å²) in [5, 5.41) is 13.6. The quantitative estimate of drug-likeness (QED) is 0.444. The van der Waals surface area contributed by atoms with E-state index in [-0.39, 0.29) is 0 Å². The number of nitrogens with zero attached hydrogens (tertiary/aromatic N) is 4. The smallest absolute Gasteiger partial charge is 0.192 e. The van der Waals surface area contributed by atoms with Crippen molar-refractivity contribution in [2.24, 2.45) is 0 Å². The molecule has 3 aromatic heterocycles. The van der Waals surface area contributed by atoms with Gasteiger partial charge in [-0.3, -0.25) is 4.57 Å². The zero-order valence-electron chi connectivity index (χ0n) is 15.0. The van der Waals surface area contributed by atoms with Gasteiger partial charge in [-0.15, -0.1) is 10.2 Å². The number of ether oxygens (including phenoxy) is 1. The third-order valence-electron chi connectivity index (χ3n) is 3.99. The van der Waals surface area contributed by atoms with Gasteiger partial charge in [0.1, 0.15) is 17.3 Å². The van der Waals surface area contributed by atoms with Crippen LogP contribution in [0.2, 0.25) is 0 Å². The molecule has 138 valence electrons. The van der Waals surface area contributed by atoms with Crippen LogP contribution in [0.4, 0.5) is 0 Å². The highest BCUT2D eigenvalue weighted by atomic mass is 32.2. The van der Waals surface area contributed by atoms with Gasteiger partial charge in [0.2, 0.25) is 0 Å². The van der Waals surface area contributed by atoms with Crippen LogP contribution in [0.5, 0.6) is 5.75 Å². The summed E-state index contributed by atoms with van der Waals surface area (Å²) in [5.74, 6) is 3.85. The van der Waals surface area contributed by atoms with Crippen molar-refractivity contribution in [3.8, 4) is 17.1 Å². The summed E-state index contributed by atoms with van der Waals surface area (Å²) in [7, 11) is 1.65. The molecule has 4 aromatic rings. The van der Waals surface area contributed by atoms with Crippen LogP contribution in [0, 0.1) is 6.92 Å². The molecule has 4 rings (SSSR count). The number of methoxy groups -OCH3 is 1. The third-order valence-corrected chi connectivity index (χ3v) is 4.99. The van der Waals surface area contributed by atoms with E-state index in [1.54, 1.807) is 25.1 Å². The van der Waals surface area contributed by atoms with Gasteiger partial charge in [0.15, 0.2) is 11.0 Å². The zero-order chi connectivity index (χ0) is 18.6. The maximum absolute atomic E-state index is 5.52. The van der Waals surface area contributed by atoms with Crippen molar-refractivity contribution >= 4 is 11.8 Å². The van der Waals surface area contributed by atoms with Crippen molar-refractivity contribution in [1.82, 2.24) is 19.9 Å². The molecule has 0 saturated heterocycles. The van der Waals surface area contributed by atoms with Gasteiger partial charge in [0, 0.05) is 17.4 Å². The minimum Gasteiger partial charge on any atom is -0.497 e. The fraction of sp³-hybridized carbons (Fsp3) is 0.211. The van der Waals surface area contributed by atoms with E-state index in [4.69, 9.17) is 13.7 Å². The number of furan rings is 1. The second-order valence-corrected chi connectivity index (χ2v) is 6.86. The number of aromatic nitrogens is 4. The van der Waals surface area contributed by atoms with E-state index >= 15 is 0 Å². The first-order chi connectivity index (χ1) is 13.2. The van der Waals surface area contributed by atoms with Crippen LogP contribution >= 0.6 is 11.8 Å². The van der Waals surface area contributed by atoms with Gasteiger partial charge in [0.05, 0.1) is 25.6 Å². The minimum absolute atomic E-state index is 0.543. The van der Waals surface area contributed by atoms with Gasteiger partial charge in [-0.25, -0.2) is 0 Å². The van der Waals surface area contributed by atoms with Crippen LogP contribution in [0.15, 0.2) is 62.8 Å². The highest BCUT2D eigenvalue weighted by Crippen LogP contribution is 2.28. The van der Waals surface area contributed by atoms with E-state index in [0.29, 0.717) is 12.3 Å². The Balaban J connectivity index is 1.64. The fourth-order valence-electron chi connectivity index (χ4n) is 2.67. The van der Waals surface area contributed by atoms with Gasteiger partial charge < -0.3 is 13.7 Å². The predicted octanol–water partition coefficient (Wildman–Crippen LogP) is 4.18. The average molecular weight is 382 g/mol. The van der Waals surface area contributed by atoms with Gasteiger partial charge in [-0.05, 0) is 43.3 Å². The minimum atomic E-state index is 0.543. The second kappa shape index (κ2) is 7.71.